The molecule has 162 valence electrons. The summed E-state index contributed by atoms with van der Waals surface area (Å²) in [6.07, 6.45) is 1.53. The van der Waals surface area contributed by atoms with Gasteiger partial charge in [0.25, 0.3) is 0 Å². The lowest BCUT2D eigenvalue weighted by Gasteiger charge is -2.09. The van der Waals surface area contributed by atoms with E-state index in [4.69, 9.17) is 9.72 Å². The van der Waals surface area contributed by atoms with Crippen LogP contribution in [-0.2, 0) is 0 Å². The van der Waals surface area contributed by atoms with E-state index in [2.05, 4.69) is 20.6 Å². The van der Waals surface area contributed by atoms with Crippen LogP contribution in [0.1, 0.15) is 23.9 Å². The summed E-state index contributed by atoms with van der Waals surface area (Å²) in [6.45, 7) is 6.34. The second-order valence-electron chi connectivity index (χ2n) is 7.16. The number of ether oxygens (including phenoxy) is 1. The quantitative estimate of drug-likeness (QED) is 0.332. The minimum atomic E-state index is 0.0810. The van der Waals surface area contributed by atoms with E-state index >= 15 is 0 Å². The molecule has 2 heterocycles. The average molecular weight is 428 g/mol. The number of hydrogen-bond donors (Lipinski definition) is 2. The third-order valence-electron chi connectivity index (χ3n) is 4.67. The summed E-state index contributed by atoms with van der Waals surface area (Å²) in [5, 5.41) is 19.0. The lowest BCUT2D eigenvalue weighted by molar-refractivity contribution is 0.337. The molecule has 2 N–H and O–H groups in total. The average Bonchev–Trinajstić information content (AvgIpc) is 3.14. The van der Waals surface area contributed by atoms with Gasteiger partial charge in [-0.2, -0.15) is 10.2 Å². The molecule has 0 atom stereocenters. The highest BCUT2D eigenvalue weighted by Crippen LogP contribution is 2.23. The zero-order chi connectivity index (χ0) is 22.5. The van der Waals surface area contributed by atoms with Crippen LogP contribution >= 0.6 is 0 Å². The normalized spacial score (nSPS) is 11.1. The van der Waals surface area contributed by atoms with Crippen LogP contribution in [0, 0.1) is 13.8 Å². The van der Waals surface area contributed by atoms with Crippen molar-refractivity contribution in [2.75, 3.05) is 12.0 Å². The van der Waals surface area contributed by atoms with E-state index in [0.29, 0.717) is 35.4 Å². The summed E-state index contributed by atoms with van der Waals surface area (Å²) in [4.78, 5) is 9.30. The number of rotatable bonds is 7. The Kier molecular flexibility index (Phi) is 6.12. The van der Waals surface area contributed by atoms with Crippen LogP contribution in [0.4, 0.5) is 5.82 Å². The molecule has 0 saturated carbocycles. The fourth-order valence-corrected chi connectivity index (χ4v) is 3.23. The molecule has 8 nitrogen and oxygen atoms in total. The van der Waals surface area contributed by atoms with E-state index in [1.165, 1.54) is 6.21 Å². The van der Waals surface area contributed by atoms with Gasteiger partial charge in [0, 0.05) is 29.0 Å². The fourth-order valence-electron chi connectivity index (χ4n) is 3.23. The molecule has 0 aliphatic carbocycles. The van der Waals surface area contributed by atoms with Crippen LogP contribution in [0.2, 0.25) is 0 Å². The van der Waals surface area contributed by atoms with Crippen LogP contribution in [0.3, 0.4) is 0 Å². The first-order valence-electron chi connectivity index (χ1n) is 10.3. The van der Waals surface area contributed by atoms with Crippen molar-refractivity contribution in [1.82, 2.24) is 19.7 Å². The maximum atomic E-state index is 10.2. The number of phenols is 1. The van der Waals surface area contributed by atoms with Crippen LogP contribution < -0.4 is 10.2 Å². The van der Waals surface area contributed by atoms with Crippen molar-refractivity contribution in [2.24, 2.45) is 5.10 Å². The van der Waals surface area contributed by atoms with Gasteiger partial charge in [-0.15, -0.1) is 0 Å². The largest absolute Gasteiger partial charge is 0.507 e. The van der Waals surface area contributed by atoms with Gasteiger partial charge < -0.3 is 9.84 Å². The van der Waals surface area contributed by atoms with Gasteiger partial charge in [0.1, 0.15) is 11.5 Å². The SMILES string of the molecule is CCOc1ccc(/C=N/Nc2cc(-n3nc(C)cc3C)nc(-c3ccccc3)n2)c(O)c1. The van der Waals surface area contributed by atoms with E-state index in [1.807, 2.05) is 57.2 Å². The van der Waals surface area contributed by atoms with E-state index in [-0.39, 0.29) is 5.75 Å². The van der Waals surface area contributed by atoms with Crippen molar-refractivity contribution >= 4 is 12.0 Å². The summed E-state index contributed by atoms with van der Waals surface area (Å²) >= 11 is 0. The summed E-state index contributed by atoms with van der Waals surface area (Å²) in [5.74, 6) is 2.37. The van der Waals surface area contributed by atoms with Gasteiger partial charge in [0.05, 0.1) is 18.5 Å². The third kappa shape index (κ3) is 4.75. The number of benzene rings is 2. The van der Waals surface area contributed by atoms with Gasteiger partial charge in [-0.25, -0.2) is 14.6 Å². The molecule has 2 aromatic heterocycles. The maximum Gasteiger partial charge on any atom is 0.164 e. The molecular weight excluding hydrogens is 404 g/mol. The number of aryl methyl sites for hydroxylation is 2. The van der Waals surface area contributed by atoms with Gasteiger partial charge in [0.2, 0.25) is 0 Å². The molecule has 4 rings (SSSR count). The number of hydrazone groups is 1. The second-order valence-corrected chi connectivity index (χ2v) is 7.16. The van der Waals surface area contributed by atoms with Gasteiger partial charge in [0.15, 0.2) is 17.5 Å². The van der Waals surface area contributed by atoms with Gasteiger partial charge in [-0.1, -0.05) is 30.3 Å². The van der Waals surface area contributed by atoms with Crippen molar-refractivity contribution in [3.63, 3.8) is 0 Å². The van der Waals surface area contributed by atoms with Crippen molar-refractivity contribution in [1.29, 1.82) is 0 Å². The van der Waals surface area contributed by atoms with Gasteiger partial charge >= 0.3 is 0 Å². The molecule has 0 unspecified atom stereocenters. The number of phenolic OH excluding ortho intramolecular Hbond substituents is 1. The Morgan fingerprint density at radius 1 is 1.06 bits per heavy atom. The number of aromatic nitrogens is 4. The number of nitrogens with one attached hydrogen (secondary N) is 1. The van der Waals surface area contributed by atoms with E-state index in [0.717, 1.165) is 17.0 Å². The number of hydrogen-bond acceptors (Lipinski definition) is 7. The van der Waals surface area contributed by atoms with Crippen molar-refractivity contribution in [3.8, 4) is 28.7 Å². The summed E-state index contributed by atoms with van der Waals surface area (Å²) in [5.41, 5.74) is 6.25. The number of aromatic hydroxyl groups is 1. The molecular formula is C24H24N6O2. The standard InChI is InChI=1S/C24H24N6O2/c1-4-32-20-11-10-19(21(31)13-20)15-25-28-22-14-23(30-17(3)12-16(2)29-30)27-24(26-22)18-8-6-5-7-9-18/h5-15,31H,4H2,1-3H3,(H,26,27,28)/b25-15+. The Morgan fingerprint density at radius 3 is 2.56 bits per heavy atom. The van der Waals surface area contributed by atoms with Crippen LogP contribution in [0.25, 0.3) is 17.2 Å². The monoisotopic (exact) mass is 428 g/mol. The topological polar surface area (TPSA) is 97.5 Å². The molecule has 0 bridgehead atoms. The molecule has 0 saturated heterocycles. The zero-order valence-electron chi connectivity index (χ0n) is 18.1. The van der Waals surface area contributed by atoms with Crippen molar-refractivity contribution < 1.29 is 9.84 Å². The number of anilines is 1. The van der Waals surface area contributed by atoms with Crippen LogP contribution in [-0.4, -0.2) is 37.7 Å². The van der Waals surface area contributed by atoms with Crippen LogP contribution in [0.15, 0.2) is 65.8 Å². The minimum Gasteiger partial charge on any atom is -0.507 e. The predicted molar refractivity (Wildman–Crippen MR) is 125 cm³/mol. The Balaban J connectivity index is 1.65. The van der Waals surface area contributed by atoms with E-state index in [9.17, 15) is 5.11 Å². The third-order valence-corrected chi connectivity index (χ3v) is 4.67. The fraction of sp³-hybridized carbons (Fsp3) is 0.167. The molecule has 0 spiro atoms. The second kappa shape index (κ2) is 9.30. The highest BCUT2D eigenvalue weighted by molar-refractivity contribution is 5.84. The first-order chi connectivity index (χ1) is 15.5. The minimum absolute atomic E-state index is 0.0810. The molecule has 0 aliphatic heterocycles. The zero-order valence-corrected chi connectivity index (χ0v) is 18.1. The Morgan fingerprint density at radius 2 is 1.88 bits per heavy atom. The number of nitrogens with zero attached hydrogens (tertiary/aromatic N) is 5. The molecule has 0 fully saturated rings. The molecule has 4 aromatic rings. The molecule has 2 aromatic carbocycles. The highest BCUT2D eigenvalue weighted by atomic mass is 16.5. The summed E-state index contributed by atoms with van der Waals surface area (Å²) in [7, 11) is 0. The van der Waals surface area contributed by atoms with E-state index < -0.39 is 0 Å². The van der Waals surface area contributed by atoms with Crippen molar-refractivity contribution in [3.05, 3.63) is 77.6 Å². The lowest BCUT2D eigenvalue weighted by atomic mass is 10.2. The van der Waals surface area contributed by atoms with E-state index in [1.54, 1.807) is 28.9 Å². The Labute approximate surface area is 186 Å². The molecule has 0 aliphatic rings. The predicted octanol–water partition coefficient (Wildman–Crippen LogP) is 4.50. The highest BCUT2D eigenvalue weighted by Gasteiger charge is 2.11. The molecule has 0 radical (unpaired) electrons. The summed E-state index contributed by atoms with van der Waals surface area (Å²) in [6, 6.07) is 18.6. The smallest absolute Gasteiger partial charge is 0.164 e. The molecule has 8 heteroatoms. The van der Waals surface area contributed by atoms with Gasteiger partial charge in [-0.05, 0) is 39.0 Å². The Hall–Kier alpha value is -4.20. The van der Waals surface area contributed by atoms with Crippen LogP contribution in [0.5, 0.6) is 11.5 Å². The van der Waals surface area contributed by atoms with Gasteiger partial charge in [-0.3, -0.25) is 5.43 Å². The maximum absolute atomic E-state index is 10.2. The first kappa shape index (κ1) is 21.0. The molecule has 0 amide bonds. The first-order valence-corrected chi connectivity index (χ1v) is 10.3. The van der Waals surface area contributed by atoms with Crippen molar-refractivity contribution in [2.45, 2.75) is 20.8 Å². The lowest BCUT2D eigenvalue weighted by Crippen LogP contribution is -2.06. The molecule has 32 heavy (non-hydrogen) atoms. The summed E-state index contributed by atoms with van der Waals surface area (Å²) < 4.78 is 7.17. The Bertz CT molecular complexity index is 1250.